The summed E-state index contributed by atoms with van der Waals surface area (Å²) >= 11 is 0. The van der Waals surface area contributed by atoms with E-state index in [1.165, 1.54) is 12.1 Å². The number of aromatic nitrogens is 2. The van der Waals surface area contributed by atoms with Gasteiger partial charge in [-0.25, -0.2) is 9.37 Å². The van der Waals surface area contributed by atoms with Gasteiger partial charge in [0.1, 0.15) is 11.6 Å². The number of hydrogen-bond donors (Lipinski definition) is 1. The highest BCUT2D eigenvalue weighted by molar-refractivity contribution is 5.75. The van der Waals surface area contributed by atoms with Gasteiger partial charge in [0.2, 0.25) is 0 Å². The molecule has 1 aromatic heterocycles. The number of rotatable bonds is 4. The second-order valence-electron chi connectivity index (χ2n) is 3.90. The zero-order valence-electron chi connectivity index (χ0n) is 9.63. The maximum absolute atomic E-state index is 13.1. The van der Waals surface area contributed by atoms with Gasteiger partial charge in [-0.3, -0.25) is 0 Å². The van der Waals surface area contributed by atoms with Gasteiger partial charge in [-0.05, 0) is 31.2 Å². The standard InChI is InChI=1S/C12H16FN3/c1-3-6-14-8-12-15-10-5-4-9(13)7-11(10)16(12)2/h4-5,7,14H,3,6,8H2,1-2H3. The molecule has 0 saturated carbocycles. The Morgan fingerprint density at radius 1 is 1.44 bits per heavy atom. The fourth-order valence-electron chi connectivity index (χ4n) is 1.75. The van der Waals surface area contributed by atoms with Gasteiger partial charge in [0, 0.05) is 7.05 Å². The van der Waals surface area contributed by atoms with Crippen molar-refractivity contribution in [2.24, 2.45) is 7.05 Å². The van der Waals surface area contributed by atoms with E-state index in [0.29, 0.717) is 0 Å². The summed E-state index contributed by atoms with van der Waals surface area (Å²) in [4.78, 5) is 4.46. The molecule has 1 aromatic carbocycles. The van der Waals surface area contributed by atoms with Gasteiger partial charge in [-0.1, -0.05) is 6.92 Å². The van der Waals surface area contributed by atoms with Crippen LogP contribution in [-0.4, -0.2) is 16.1 Å². The van der Waals surface area contributed by atoms with Crippen LogP contribution >= 0.6 is 0 Å². The average Bonchev–Trinajstić information content (AvgIpc) is 2.57. The van der Waals surface area contributed by atoms with Gasteiger partial charge >= 0.3 is 0 Å². The lowest BCUT2D eigenvalue weighted by molar-refractivity contribution is 0.626. The molecule has 2 aromatic rings. The van der Waals surface area contributed by atoms with E-state index in [1.807, 2.05) is 11.6 Å². The molecule has 0 saturated heterocycles. The molecule has 0 fully saturated rings. The lowest BCUT2D eigenvalue weighted by Gasteiger charge is -2.03. The number of nitrogens with one attached hydrogen (secondary N) is 1. The predicted molar refractivity (Wildman–Crippen MR) is 62.7 cm³/mol. The minimum Gasteiger partial charge on any atom is -0.330 e. The van der Waals surface area contributed by atoms with Crippen LogP contribution < -0.4 is 5.32 Å². The Kier molecular flexibility index (Phi) is 3.19. The van der Waals surface area contributed by atoms with Crippen LogP contribution in [0, 0.1) is 5.82 Å². The minimum absolute atomic E-state index is 0.219. The maximum atomic E-state index is 13.1. The van der Waals surface area contributed by atoms with Crippen molar-refractivity contribution in [1.82, 2.24) is 14.9 Å². The lowest BCUT2D eigenvalue weighted by atomic mass is 10.3. The van der Waals surface area contributed by atoms with E-state index >= 15 is 0 Å². The Morgan fingerprint density at radius 2 is 2.25 bits per heavy atom. The van der Waals surface area contributed by atoms with E-state index in [0.717, 1.165) is 36.4 Å². The molecular weight excluding hydrogens is 205 g/mol. The van der Waals surface area contributed by atoms with Crippen molar-refractivity contribution < 1.29 is 4.39 Å². The summed E-state index contributed by atoms with van der Waals surface area (Å²) in [5, 5.41) is 3.29. The first-order valence-corrected chi connectivity index (χ1v) is 5.54. The smallest absolute Gasteiger partial charge is 0.125 e. The topological polar surface area (TPSA) is 29.9 Å². The molecule has 16 heavy (non-hydrogen) atoms. The second-order valence-corrected chi connectivity index (χ2v) is 3.90. The average molecular weight is 221 g/mol. The third kappa shape index (κ3) is 2.07. The normalized spacial score (nSPS) is 11.2. The molecule has 0 atom stereocenters. The van der Waals surface area contributed by atoms with Gasteiger partial charge in [-0.2, -0.15) is 0 Å². The zero-order chi connectivity index (χ0) is 11.5. The maximum Gasteiger partial charge on any atom is 0.125 e. The molecule has 1 heterocycles. The third-order valence-corrected chi connectivity index (χ3v) is 2.65. The first-order chi connectivity index (χ1) is 7.72. The van der Waals surface area contributed by atoms with Gasteiger partial charge < -0.3 is 9.88 Å². The van der Waals surface area contributed by atoms with Crippen LogP contribution in [-0.2, 0) is 13.6 Å². The lowest BCUT2D eigenvalue weighted by Crippen LogP contribution is -2.16. The van der Waals surface area contributed by atoms with Crippen molar-refractivity contribution in [3.8, 4) is 0 Å². The van der Waals surface area contributed by atoms with E-state index in [2.05, 4.69) is 17.2 Å². The molecule has 86 valence electrons. The molecule has 0 amide bonds. The summed E-state index contributed by atoms with van der Waals surface area (Å²) in [5.41, 5.74) is 1.69. The van der Waals surface area contributed by atoms with Crippen LogP contribution in [0.1, 0.15) is 19.2 Å². The van der Waals surface area contributed by atoms with Gasteiger partial charge in [0.15, 0.2) is 0 Å². The Labute approximate surface area is 94.3 Å². The monoisotopic (exact) mass is 221 g/mol. The fraction of sp³-hybridized carbons (Fsp3) is 0.417. The van der Waals surface area contributed by atoms with Crippen molar-refractivity contribution in [1.29, 1.82) is 0 Å². The summed E-state index contributed by atoms with van der Waals surface area (Å²) < 4.78 is 15.0. The van der Waals surface area contributed by atoms with Crippen LogP contribution in [0.15, 0.2) is 18.2 Å². The molecule has 0 aliphatic heterocycles. The summed E-state index contributed by atoms with van der Waals surface area (Å²) in [6.07, 6.45) is 1.10. The summed E-state index contributed by atoms with van der Waals surface area (Å²) in [7, 11) is 1.91. The van der Waals surface area contributed by atoms with E-state index in [-0.39, 0.29) is 5.82 Å². The van der Waals surface area contributed by atoms with Crippen LogP contribution in [0.2, 0.25) is 0 Å². The summed E-state index contributed by atoms with van der Waals surface area (Å²) in [5.74, 6) is 0.720. The van der Waals surface area contributed by atoms with Crippen LogP contribution in [0.5, 0.6) is 0 Å². The highest BCUT2D eigenvalue weighted by atomic mass is 19.1. The van der Waals surface area contributed by atoms with Crippen molar-refractivity contribution in [3.63, 3.8) is 0 Å². The molecule has 0 bridgehead atoms. The van der Waals surface area contributed by atoms with Crippen molar-refractivity contribution in [2.45, 2.75) is 19.9 Å². The number of halogens is 1. The molecule has 0 spiro atoms. The fourth-order valence-corrected chi connectivity index (χ4v) is 1.75. The van der Waals surface area contributed by atoms with Gasteiger partial charge in [-0.15, -0.1) is 0 Å². The molecule has 0 radical (unpaired) electrons. The van der Waals surface area contributed by atoms with Gasteiger partial charge in [0.25, 0.3) is 0 Å². The Bertz CT molecular complexity index is 490. The number of aryl methyl sites for hydroxylation is 1. The van der Waals surface area contributed by atoms with E-state index < -0.39 is 0 Å². The quantitative estimate of drug-likeness (QED) is 0.802. The van der Waals surface area contributed by atoms with Crippen molar-refractivity contribution >= 4 is 11.0 Å². The molecular formula is C12H16FN3. The number of hydrogen-bond acceptors (Lipinski definition) is 2. The highest BCUT2D eigenvalue weighted by Gasteiger charge is 2.07. The first-order valence-electron chi connectivity index (χ1n) is 5.54. The van der Waals surface area contributed by atoms with E-state index in [4.69, 9.17) is 0 Å². The largest absolute Gasteiger partial charge is 0.330 e. The Balaban J connectivity index is 2.29. The molecule has 4 heteroatoms. The number of imidazole rings is 1. The molecule has 0 aliphatic carbocycles. The van der Waals surface area contributed by atoms with E-state index in [9.17, 15) is 4.39 Å². The third-order valence-electron chi connectivity index (χ3n) is 2.65. The van der Waals surface area contributed by atoms with Crippen LogP contribution in [0.25, 0.3) is 11.0 Å². The van der Waals surface area contributed by atoms with Crippen molar-refractivity contribution in [3.05, 3.63) is 29.8 Å². The summed E-state index contributed by atoms with van der Waals surface area (Å²) in [6, 6.07) is 4.68. The Hall–Kier alpha value is -1.42. The molecule has 1 N–H and O–H groups in total. The minimum atomic E-state index is -0.219. The molecule has 3 nitrogen and oxygen atoms in total. The van der Waals surface area contributed by atoms with Crippen LogP contribution in [0.4, 0.5) is 4.39 Å². The van der Waals surface area contributed by atoms with Gasteiger partial charge in [0.05, 0.1) is 17.6 Å². The number of fused-ring (bicyclic) bond motifs is 1. The Morgan fingerprint density at radius 3 is 3.00 bits per heavy atom. The first kappa shape index (κ1) is 11.1. The zero-order valence-corrected chi connectivity index (χ0v) is 9.63. The molecule has 2 rings (SSSR count). The number of benzene rings is 1. The SMILES string of the molecule is CCCNCc1nc2ccc(F)cc2n1C. The summed E-state index contributed by atoms with van der Waals surface area (Å²) in [6.45, 7) is 3.81. The molecule has 0 unspecified atom stereocenters. The van der Waals surface area contributed by atoms with Crippen LogP contribution in [0.3, 0.4) is 0 Å². The highest BCUT2D eigenvalue weighted by Crippen LogP contribution is 2.15. The predicted octanol–water partition coefficient (Wildman–Crippen LogP) is 2.21. The second kappa shape index (κ2) is 4.61. The number of nitrogens with zero attached hydrogens (tertiary/aromatic N) is 2. The van der Waals surface area contributed by atoms with Crippen molar-refractivity contribution in [2.75, 3.05) is 6.54 Å². The molecule has 0 aliphatic rings. The van der Waals surface area contributed by atoms with E-state index in [1.54, 1.807) is 6.07 Å².